The predicted molar refractivity (Wildman–Crippen MR) is 95.6 cm³/mol. The van der Waals surface area contributed by atoms with Gasteiger partial charge in [-0.1, -0.05) is 23.7 Å². The van der Waals surface area contributed by atoms with Gasteiger partial charge in [-0.3, -0.25) is 14.9 Å². The van der Waals surface area contributed by atoms with E-state index in [1.807, 2.05) is 0 Å². The van der Waals surface area contributed by atoms with Gasteiger partial charge in [0.15, 0.2) is 5.78 Å². The Balaban J connectivity index is 1.75. The Morgan fingerprint density at radius 1 is 1.08 bits per heavy atom. The number of carbonyl (C=O) groups excluding carboxylic acids is 1. The molecule has 3 aromatic rings. The molecule has 1 aromatic heterocycles. The van der Waals surface area contributed by atoms with Crippen LogP contribution in [-0.4, -0.2) is 10.7 Å². The number of rotatable bonds is 5. The molecule has 0 atom stereocenters. The molecule has 0 aliphatic heterocycles. The Kier molecular flexibility index (Phi) is 4.77. The van der Waals surface area contributed by atoms with Gasteiger partial charge in [0.2, 0.25) is 0 Å². The Morgan fingerprint density at radius 3 is 2.52 bits per heavy atom. The highest BCUT2D eigenvalue weighted by Crippen LogP contribution is 2.25. The van der Waals surface area contributed by atoms with Gasteiger partial charge in [-0.05, 0) is 48.6 Å². The Bertz CT molecular complexity index is 958. The van der Waals surface area contributed by atoms with Crippen molar-refractivity contribution in [1.82, 2.24) is 0 Å². The van der Waals surface area contributed by atoms with Crippen LogP contribution in [0.4, 0.5) is 5.69 Å². The molecule has 0 spiro atoms. The number of ketones is 1. The molecule has 0 amide bonds. The zero-order valence-corrected chi connectivity index (χ0v) is 13.6. The molecular weight excluding hydrogens is 342 g/mol. The first-order valence-electron chi connectivity index (χ1n) is 7.35. The van der Waals surface area contributed by atoms with Gasteiger partial charge in [-0.2, -0.15) is 0 Å². The van der Waals surface area contributed by atoms with E-state index in [9.17, 15) is 14.9 Å². The molecule has 0 radical (unpaired) electrons. The van der Waals surface area contributed by atoms with Crippen LogP contribution in [0.3, 0.4) is 0 Å². The van der Waals surface area contributed by atoms with Crippen molar-refractivity contribution in [2.75, 3.05) is 0 Å². The minimum atomic E-state index is -0.457. The topological polar surface area (TPSA) is 73.3 Å². The minimum Gasteiger partial charge on any atom is -0.457 e. The van der Waals surface area contributed by atoms with Crippen molar-refractivity contribution < 1.29 is 14.1 Å². The van der Waals surface area contributed by atoms with E-state index in [-0.39, 0.29) is 11.5 Å². The highest BCUT2D eigenvalue weighted by Gasteiger charge is 2.08. The molecule has 2 aromatic carbocycles. The summed E-state index contributed by atoms with van der Waals surface area (Å²) < 4.78 is 5.65. The SMILES string of the molecule is O=C(/C=C/c1ccc(-c2ccc([N+](=O)[O-])cc2)o1)c1cccc(Cl)c1. The van der Waals surface area contributed by atoms with Crippen molar-refractivity contribution in [2.45, 2.75) is 0 Å². The van der Waals surface area contributed by atoms with Crippen LogP contribution in [0.2, 0.25) is 5.02 Å². The van der Waals surface area contributed by atoms with Gasteiger partial charge in [0.1, 0.15) is 11.5 Å². The molecule has 0 saturated heterocycles. The fraction of sp³-hybridized carbons (Fsp3) is 0. The maximum Gasteiger partial charge on any atom is 0.269 e. The lowest BCUT2D eigenvalue weighted by atomic mass is 10.1. The van der Waals surface area contributed by atoms with Crippen molar-refractivity contribution in [2.24, 2.45) is 0 Å². The van der Waals surface area contributed by atoms with Crippen LogP contribution in [-0.2, 0) is 0 Å². The quantitative estimate of drug-likeness (QED) is 0.266. The van der Waals surface area contributed by atoms with E-state index in [2.05, 4.69) is 0 Å². The van der Waals surface area contributed by atoms with Gasteiger partial charge in [0.05, 0.1) is 4.92 Å². The molecule has 0 N–H and O–H groups in total. The van der Waals surface area contributed by atoms with Gasteiger partial charge < -0.3 is 4.42 Å². The average molecular weight is 354 g/mol. The summed E-state index contributed by atoms with van der Waals surface area (Å²) in [5, 5.41) is 11.2. The maximum atomic E-state index is 12.1. The average Bonchev–Trinajstić information content (AvgIpc) is 3.08. The van der Waals surface area contributed by atoms with Crippen molar-refractivity contribution in [3.8, 4) is 11.3 Å². The van der Waals surface area contributed by atoms with E-state index in [0.29, 0.717) is 27.7 Å². The zero-order chi connectivity index (χ0) is 17.8. The van der Waals surface area contributed by atoms with Gasteiger partial charge in [0.25, 0.3) is 5.69 Å². The van der Waals surface area contributed by atoms with E-state index in [1.165, 1.54) is 18.2 Å². The van der Waals surface area contributed by atoms with Crippen LogP contribution in [0.15, 0.2) is 71.2 Å². The number of hydrogen-bond acceptors (Lipinski definition) is 4. The highest BCUT2D eigenvalue weighted by molar-refractivity contribution is 6.31. The lowest BCUT2D eigenvalue weighted by Crippen LogP contribution is -1.93. The largest absolute Gasteiger partial charge is 0.457 e. The molecule has 0 unspecified atom stereocenters. The first-order valence-corrected chi connectivity index (χ1v) is 7.73. The lowest BCUT2D eigenvalue weighted by Gasteiger charge is -1.97. The number of carbonyl (C=O) groups is 1. The summed E-state index contributed by atoms with van der Waals surface area (Å²) >= 11 is 5.87. The summed E-state index contributed by atoms with van der Waals surface area (Å²) in [5.74, 6) is 0.879. The van der Waals surface area contributed by atoms with Crippen LogP contribution in [0.25, 0.3) is 17.4 Å². The summed E-state index contributed by atoms with van der Waals surface area (Å²) in [7, 11) is 0. The van der Waals surface area contributed by atoms with E-state index in [4.69, 9.17) is 16.0 Å². The fourth-order valence-corrected chi connectivity index (χ4v) is 2.43. The fourth-order valence-electron chi connectivity index (χ4n) is 2.24. The van der Waals surface area contributed by atoms with E-state index in [0.717, 1.165) is 0 Å². The molecule has 3 rings (SSSR count). The molecule has 124 valence electrons. The lowest BCUT2D eigenvalue weighted by molar-refractivity contribution is -0.384. The van der Waals surface area contributed by atoms with Gasteiger partial charge >= 0.3 is 0 Å². The molecule has 0 bridgehead atoms. The van der Waals surface area contributed by atoms with Crippen LogP contribution >= 0.6 is 11.6 Å². The zero-order valence-electron chi connectivity index (χ0n) is 12.9. The molecule has 0 aliphatic rings. The summed E-state index contributed by atoms with van der Waals surface area (Å²) in [6, 6.07) is 16.2. The number of furan rings is 1. The summed E-state index contributed by atoms with van der Waals surface area (Å²) in [5.41, 5.74) is 1.22. The Labute approximate surface area is 148 Å². The molecule has 0 aliphatic carbocycles. The third-order valence-electron chi connectivity index (χ3n) is 3.50. The molecule has 0 saturated carbocycles. The molecular formula is C19H12ClNO4. The molecule has 0 fully saturated rings. The molecule has 5 nitrogen and oxygen atoms in total. The predicted octanol–water partition coefficient (Wildman–Crippen LogP) is 5.40. The third-order valence-corrected chi connectivity index (χ3v) is 3.73. The van der Waals surface area contributed by atoms with E-state index < -0.39 is 4.92 Å². The Morgan fingerprint density at radius 2 is 1.84 bits per heavy atom. The van der Waals surface area contributed by atoms with Crippen LogP contribution < -0.4 is 0 Å². The van der Waals surface area contributed by atoms with Gasteiger partial charge in [-0.15, -0.1) is 0 Å². The number of allylic oxidation sites excluding steroid dienone is 1. The minimum absolute atomic E-state index is 0.0162. The van der Waals surface area contributed by atoms with Gasteiger partial charge in [0, 0.05) is 28.3 Å². The van der Waals surface area contributed by atoms with E-state index >= 15 is 0 Å². The third kappa shape index (κ3) is 4.02. The highest BCUT2D eigenvalue weighted by atomic mass is 35.5. The number of halogens is 1. The number of nitrogens with zero attached hydrogens (tertiary/aromatic N) is 1. The number of nitro groups is 1. The molecule has 1 heterocycles. The normalized spacial score (nSPS) is 10.9. The maximum absolute atomic E-state index is 12.1. The van der Waals surface area contributed by atoms with Crippen molar-refractivity contribution in [1.29, 1.82) is 0 Å². The van der Waals surface area contributed by atoms with Crippen LogP contribution in [0.1, 0.15) is 16.1 Å². The Hall–Kier alpha value is -3.18. The van der Waals surface area contributed by atoms with Crippen LogP contribution in [0, 0.1) is 10.1 Å². The first-order chi connectivity index (χ1) is 12.0. The standard InChI is InChI=1S/C19H12ClNO4/c20-15-3-1-2-14(12-15)18(22)10-8-17-9-11-19(25-17)13-4-6-16(7-5-13)21(23)24/h1-12H/b10-8+. The smallest absolute Gasteiger partial charge is 0.269 e. The number of nitro benzene ring substituents is 1. The monoisotopic (exact) mass is 353 g/mol. The molecule has 25 heavy (non-hydrogen) atoms. The number of non-ortho nitro benzene ring substituents is 1. The second-order valence-corrected chi connectivity index (χ2v) is 5.65. The van der Waals surface area contributed by atoms with E-state index in [1.54, 1.807) is 54.6 Å². The second-order valence-electron chi connectivity index (χ2n) is 5.21. The van der Waals surface area contributed by atoms with Crippen molar-refractivity contribution >= 4 is 29.1 Å². The first kappa shape index (κ1) is 16.7. The van der Waals surface area contributed by atoms with Gasteiger partial charge in [-0.25, -0.2) is 0 Å². The van der Waals surface area contributed by atoms with Crippen molar-refractivity contribution in [3.63, 3.8) is 0 Å². The second kappa shape index (κ2) is 7.15. The summed E-state index contributed by atoms with van der Waals surface area (Å²) in [4.78, 5) is 22.3. The number of hydrogen-bond donors (Lipinski definition) is 0. The van der Waals surface area contributed by atoms with Crippen molar-refractivity contribution in [3.05, 3.63) is 93.2 Å². The summed E-state index contributed by atoms with van der Waals surface area (Å²) in [6.45, 7) is 0. The molecule has 6 heteroatoms. The number of benzene rings is 2. The summed E-state index contributed by atoms with van der Waals surface area (Å²) in [6.07, 6.45) is 2.97. The van der Waals surface area contributed by atoms with Crippen LogP contribution in [0.5, 0.6) is 0 Å².